The summed E-state index contributed by atoms with van der Waals surface area (Å²) in [5, 5.41) is 2.85. The minimum Gasteiger partial charge on any atom is -0.351 e. The first-order valence-corrected chi connectivity index (χ1v) is 6.38. The predicted octanol–water partition coefficient (Wildman–Crippen LogP) is 2.44. The van der Waals surface area contributed by atoms with E-state index in [4.69, 9.17) is 5.73 Å². The molecule has 1 unspecified atom stereocenters. The molecule has 0 radical (unpaired) electrons. The average molecular weight is 299 g/mol. The van der Waals surface area contributed by atoms with Crippen LogP contribution in [0.5, 0.6) is 0 Å². The number of nitrogens with one attached hydrogen (secondary N) is 1. The van der Waals surface area contributed by atoms with Crippen LogP contribution < -0.4 is 11.1 Å². The van der Waals surface area contributed by atoms with Crippen molar-refractivity contribution in [3.05, 3.63) is 34.3 Å². The standard InChI is InChI=1S/C13H19BrN2O/c1-13(2,3)11(15)12(17)16-8-9-5-4-6-10(14)7-9/h4-7,11H,8,15H2,1-3H3,(H,16,17). The van der Waals surface area contributed by atoms with Gasteiger partial charge < -0.3 is 11.1 Å². The highest BCUT2D eigenvalue weighted by molar-refractivity contribution is 9.10. The molecule has 0 aromatic heterocycles. The van der Waals surface area contributed by atoms with Crippen LogP contribution in [0.1, 0.15) is 26.3 Å². The minimum absolute atomic E-state index is 0.113. The van der Waals surface area contributed by atoms with Gasteiger partial charge >= 0.3 is 0 Å². The van der Waals surface area contributed by atoms with E-state index < -0.39 is 6.04 Å². The molecule has 0 saturated carbocycles. The molecular weight excluding hydrogens is 280 g/mol. The third-order valence-corrected chi connectivity index (χ3v) is 3.06. The van der Waals surface area contributed by atoms with E-state index in [1.54, 1.807) is 0 Å². The van der Waals surface area contributed by atoms with Crippen molar-refractivity contribution in [2.75, 3.05) is 0 Å². The molecule has 3 nitrogen and oxygen atoms in total. The Morgan fingerprint density at radius 1 is 1.47 bits per heavy atom. The Bertz CT molecular complexity index is 399. The largest absolute Gasteiger partial charge is 0.351 e. The summed E-state index contributed by atoms with van der Waals surface area (Å²) < 4.78 is 1.00. The first-order chi connectivity index (χ1) is 7.80. The zero-order chi connectivity index (χ0) is 13.1. The lowest BCUT2D eigenvalue weighted by molar-refractivity contribution is -0.124. The van der Waals surface area contributed by atoms with Gasteiger partial charge in [-0.3, -0.25) is 4.79 Å². The smallest absolute Gasteiger partial charge is 0.237 e. The predicted molar refractivity (Wildman–Crippen MR) is 73.4 cm³/mol. The van der Waals surface area contributed by atoms with Crippen LogP contribution in [0.15, 0.2) is 28.7 Å². The van der Waals surface area contributed by atoms with Crippen molar-refractivity contribution in [3.63, 3.8) is 0 Å². The van der Waals surface area contributed by atoms with E-state index in [1.807, 2.05) is 45.0 Å². The number of amides is 1. The molecule has 17 heavy (non-hydrogen) atoms. The molecule has 1 atom stereocenters. The molecule has 1 amide bonds. The summed E-state index contributed by atoms with van der Waals surface area (Å²) in [6, 6.07) is 7.34. The van der Waals surface area contributed by atoms with Gasteiger partial charge in [0.05, 0.1) is 6.04 Å². The van der Waals surface area contributed by atoms with E-state index in [2.05, 4.69) is 21.2 Å². The summed E-state index contributed by atoms with van der Waals surface area (Å²) in [6.45, 7) is 6.37. The number of rotatable bonds is 3. The Labute approximate surface area is 111 Å². The fraction of sp³-hybridized carbons (Fsp3) is 0.462. The van der Waals surface area contributed by atoms with E-state index in [-0.39, 0.29) is 11.3 Å². The maximum atomic E-state index is 11.8. The van der Waals surface area contributed by atoms with E-state index >= 15 is 0 Å². The normalized spacial score (nSPS) is 13.2. The number of nitrogens with two attached hydrogens (primary N) is 1. The molecule has 0 aliphatic heterocycles. The Hall–Kier alpha value is -0.870. The number of hydrogen-bond acceptors (Lipinski definition) is 2. The van der Waals surface area contributed by atoms with Crippen LogP contribution >= 0.6 is 15.9 Å². The molecule has 0 fully saturated rings. The molecule has 0 aliphatic rings. The molecular formula is C13H19BrN2O. The molecule has 1 rings (SSSR count). The Kier molecular flexibility index (Phi) is 4.71. The maximum Gasteiger partial charge on any atom is 0.237 e. The summed E-state index contributed by atoms with van der Waals surface area (Å²) in [5.74, 6) is -0.113. The van der Waals surface area contributed by atoms with Crippen molar-refractivity contribution >= 4 is 21.8 Å². The second-order valence-corrected chi connectivity index (χ2v) is 6.11. The molecule has 1 aromatic carbocycles. The van der Waals surface area contributed by atoms with Gasteiger partial charge in [0, 0.05) is 11.0 Å². The minimum atomic E-state index is -0.491. The summed E-state index contributed by atoms with van der Waals surface area (Å²) >= 11 is 3.39. The molecule has 0 saturated heterocycles. The van der Waals surface area contributed by atoms with E-state index in [9.17, 15) is 4.79 Å². The Morgan fingerprint density at radius 3 is 2.65 bits per heavy atom. The van der Waals surface area contributed by atoms with E-state index in [0.29, 0.717) is 6.54 Å². The van der Waals surface area contributed by atoms with Gasteiger partial charge in [0.1, 0.15) is 0 Å². The molecule has 0 spiro atoms. The number of benzene rings is 1. The van der Waals surface area contributed by atoms with Gasteiger partial charge in [0.15, 0.2) is 0 Å². The molecule has 94 valence electrons. The SMILES string of the molecule is CC(C)(C)C(N)C(=O)NCc1cccc(Br)c1. The fourth-order valence-electron chi connectivity index (χ4n) is 1.34. The average Bonchev–Trinajstić information content (AvgIpc) is 2.23. The lowest BCUT2D eigenvalue weighted by Crippen LogP contribution is -2.48. The molecule has 4 heteroatoms. The van der Waals surface area contributed by atoms with Crippen molar-refractivity contribution in [3.8, 4) is 0 Å². The first-order valence-electron chi connectivity index (χ1n) is 5.58. The Balaban J connectivity index is 2.54. The van der Waals surface area contributed by atoms with Gasteiger partial charge in [-0.05, 0) is 23.1 Å². The number of carbonyl (C=O) groups is 1. The molecule has 0 bridgehead atoms. The zero-order valence-corrected chi connectivity index (χ0v) is 12.0. The lowest BCUT2D eigenvalue weighted by atomic mass is 9.87. The van der Waals surface area contributed by atoms with E-state index in [0.717, 1.165) is 10.0 Å². The van der Waals surface area contributed by atoms with Crippen LogP contribution in [0.3, 0.4) is 0 Å². The van der Waals surface area contributed by atoms with Gasteiger partial charge in [0.2, 0.25) is 5.91 Å². The lowest BCUT2D eigenvalue weighted by Gasteiger charge is -2.25. The highest BCUT2D eigenvalue weighted by atomic mass is 79.9. The monoisotopic (exact) mass is 298 g/mol. The van der Waals surface area contributed by atoms with Crippen LogP contribution in [0.4, 0.5) is 0 Å². The second kappa shape index (κ2) is 5.65. The van der Waals surface area contributed by atoms with Crippen LogP contribution in [0, 0.1) is 5.41 Å². The molecule has 3 N–H and O–H groups in total. The molecule has 0 heterocycles. The van der Waals surface area contributed by atoms with Crippen LogP contribution in [0.25, 0.3) is 0 Å². The van der Waals surface area contributed by atoms with Gasteiger partial charge in [-0.1, -0.05) is 48.8 Å². The maximum absolute atomic E-state index is 11.8. The van der Waals surface area contributed by atoms with Crippen LogP contribution in [0.2, 0.25) is 0 Å². The number of carbonyl (C=O) groups excluding carboxylic acids is 1. The Morgan fingerprint density at radius 2 is 2.12 bits per heavy atom. The highest BCUT2D eigenvalue weighted by Gasteiger charge is 2.26. The fourth-order valence-corrected chi connectivity index (χ4v) is 1.79. The van der Waals surface area contributed by atoms with Crippen LogP contribution in [-0.2, 0) is 11.3 Å². The number of halogens is 1. The van der Waals surface area contributed by atoms with Crippen molar-refractivity contribution in [1.29, 1.82) is 0 Å². The van der Waals surface area contributed by atoms with Gasteiger partial charge in [-0.2, -0.15) is 0 Å². The second-order valence-electron chi connectivity index (χ2n) is 5.19. The third kappa shape index (κ3) is 4.48. The molecule has 0 aliphatic carbocycles. The van der Waals surface area contributed by atoms with Crippen molar-refractivity contribution in [2.24, 2.45) is 11.1 Å². The highest BCUT2D eigenvalue weighted by Crippen LogP contribution is 2.17. The summed E-state index contributed by atoms with van der Waals surface area (Å²) in [6.07, 6.45) is 0. The van der Waals surface area contributed by atoms with Crippen molar-refractivity contribution in [1.82, 2.24) is 5.32 Å². The van der Waals surface area contributed by atoms with Crippen molar-refractivity contribution < 1.29 is 4.79 Å². The zero-order valence-electron chi connectivity index (χ0n) is 10.5. The number of hydrogen-bond donors (Lipinski definition) is 2. The quantitative estimate of drug-likeness (QED) is 0.900. The molecule has 1 aromatic rings. The topological polar surface area (TPSA) is 55.1 Å². The summed E-state index contributed by atoms with van der Waals surface area (Å²) in [7, 11) is 0. The van der Waals surface area contributed by atoms with Crippen LogP contribution in [-0.4, -0.2) is 11.9 Å². The third-order valence-electron chi connectivity index (χ3n) is 2.57. The van der Waals surface area contributed by atoms with Crippen molar-refractivity contribution in [2.45, 2.75) is 33.4 Å². The van der Waals surface area contributed by atoms with Gasteiger partial charge in [-0.15, -0.1) is 0 Å². The first kappa shape index (κ1) is 14.2. The summed E-state index contributed by atoms with van der Waals surface area (Å²) in [5.41, 5.74) is 6.70. The summed E-state index contributed by atoms with van der Waals surface area (Å²) in [4.78, 5) is 11.8. The van der Waals surface area contributed by atoms with Gasteiger partial charge in [0.25, 0.3) is 0 Å². The van der Waals surface area contributed by atoms with Gasteiger partial charge in [-0.25, -0.2) is 0 Å². The van der Waals surface area contributed by atoms with E-state index in [1.165, 1.54) is 0 Å².